The molecule has 27 heavy (non-hydrogen) atoms. The molecule has 0 spiro atoms. The van der Waals surface area contributed by atoms with E-state index in [0.29, 0.717) is 31.9 Å². The number of hydrogen-bond donors (Lipinski definition) is 1. The molecular formula is C19H21FN2O4S. The zero-order chi connectivity index (χ0) is 19.3. The standard InChI is InChI=1S/C19H21FN2O4S/c20-18-4-2-1-3-16(18)13-19(23)21-14-15-5-7-17(8-6-15)27(24,25)22-9-11-26-12-10-22/h1-8H,9-14H2,(H,21,23). The highest BCUT2D eigenvalue weighted by Gasteiger charge is 2.26. The third-order valence-electron chi connectivity index (χ3n) is 4.33. The van der Waals surface area contributed by atoms with Gasteiger partial charge in [-0.05, 0) is 29.3 Å². The van der Waals surface area contributed by atoms with E-state index in [0.717, 1.165) is 5.56 Å². The zero-order valence-electron chi connectivity index (χ0n) is 14.7. The minimum Gasteiger partial charge on any atom is -0.379 e. The van der Waals surface area contributed by atoms with Crippen molar-refractivity contribution in [3.05, 3.63) is 65.5 Å². The largest absolute Gasteiger partial charge is 0.379 e. The second-order valence-electron chi connectivity index (χ2n) is 6.21. The fourth-order valence-corrected chi connectivity index (χ4v) is 4.20. The van der Waals surface area contributed by atoms with Gasteiger partial charge in [-0.15, -0.1) is 0 Å². The average Bonchev–Trinajstić information content (AvgIpc) is 2.69. The molecule has 0 radical (unpaired) electrons. The fourth-order valence-electron chi connectivity index (χ4n) is 2.79. The number of nitrogens with one attached hydrogen (secondary N) is 1. The minimum atomic E-state index is -3.53. The lowest BCUT2D eigenvalue weighted by Crippen LogP contribution is -2.40. The third kappa shape index (κ3) is 4.91. The minimum absolute atomic E-state index is 0.0455. The summed E-state index contributed by atoms with van der Waals surface area (Å²) >= 11 is 0. The van der Waals surface area contributed by atoms with Crippen LogP contribution in [0.4, 0.5) is 4.39 Å². The van der Waals surface area contributed by atoms with Gasteiger partial charge in [-0.2, -0.15) is 4.31 Å². The summed E-state index contributed by atoms with van der Waals surface area (Å²) in [7, 11) is -3.53. The van der Waals surface area contributed by atoms with Crippen LogP contribution in [-0.4, -0.2) is 44.9 Å². The van der Waals surface area contributed by atoms with E-state index in [1.54, 1.807) is 30.3 Å². The molecule has 144 valence electrons. The van der Waals surface area contributed by atoms with Crippen LogP contribution in [0.1, 0.15) is 11.1 Å². The van der Waals surface area contributed by atoms with Gasteiger partial charge < -0.3 is 10.1 Å². The highest BCUT2D eigenvalue weighted by atomic mass is 32.2. The van der Waals surface area contributed by atoms with Crippen LogP contribution >= 0.6 is 0 Å². The maximum atomic E-state index is 13.6. The Labute approximate surface area is 158 Å². The van der Waals surface area contributed by atoms with Crippen LogP contribution in [0.25, 0.3) is 0 Å². The summed E-state index contributed by atoms with van der Waals surface area (Å²) in [5.41, 5.74) is 1.10. The number of halogens is 1. The van der Waals surface area contributed by atoms with Gasteiger partial charge in [-0.25, -0.2) is 12.8 Å². The van der Waals surface area contributed by atoms with Crippen LogP contribution in [0, 0.1) is 5.82 Å². The van der Waals surface area contributed by atoms with Crippen molar-refractivity contribution in [2.24, 2.45) is 0 Å². The van der Waals surface area contributed by atoms with Crippen LogP contribution in [-0.2, 0) is 32.5 Å². The van der Waals surface area contributed by atoms with Crippen LogP contribution in [0.2, 0.25) is 0 Å². The first kappa shape index (κ1) is 19.5. The molecule has 0 aromatic heterocycles. The molecule has 1 aliphatic rings. The molecule has 1 amide bonds. The molecule has 1 saturated heterocycles. The topological polar surface area (TPSA) is 75.7 Å². The Kier molecular flexibility index (Phi) is 6.20. The van der Waals surface area contributed by atoms with Gasteiger partial charge in [0.25, 0.3) is 0 Å². The van der Waals surface area contributed by atoms with Crippen molar-refractivity contribution in [2.75, 3.05) is 26.3 Å². The predicted molar refractivity (Wildman–Crippen MR) is 98.0 cm³/mol. The summed E-state index contributed by atoms with van der Waals surface area (Å²) in [6.45, 7) is 1.72. The molecule has 3 rings (SSSR count). The smallest absolute Gasteiger partial charge is 0.243 e. The van der Waals surface area contributed by atoms with E-state index in [9.17, 15) is 17.6 Å². The van der Waals surface area contributed by atoms with Gasteiger partial charge in [0.1, 0.15) is 5.82 Å². The first-order valence-electron chi connectivity index (χ1n) is 8.64. The molecule has 6 nitrogen and oxygen atoms in total. The molecule has 0 saturated carbocycles. The van der Waals surface area contributed by atoms with E-state index < -0.39 is 15.8 Å². The van der Waals surface area contributed by atoms with E-state index in [1.165, 1.54) is 22.5 Å². The van der Waals surface area contributed by atoms with E-state index in [2.05, 4.69) is 5.32 Å². The summed E-state index contributed by atoms with van der Waals surface area (Å²) in [5.74, 6) is -0.713. The lowest BCUT2D eigenvalue weighted by molar-refractivity contribution is -0.120. The SMILES string of the molecule is O=C(Cc1ccccc1F)NCc1ccc(S(=O)(=O)N2CCOCC2)cc1. The monoisotopic (exact) mass is 392 g/mol. The lowest BCUT2D eigenvalue weighted by atomic mass is 10.1. The van der Waals surface area contributed by atoms with Crippen molar-refractivity contribution in [2.45, 2.75) is 17.9 Å². The van der Waals surface area contributed by atoms with Crippen LogP contribution in [0.3, 0.4) is 0 Å². The summed E-state index contributed by atoms with van der Waals surface area (Å²) < 4.78 is 45.3. The van der Waals surface area contributed by atoms with Gasteiger partial charge >= 0.3 is 0 Å². The molecule has 1 N–H and O–H groups in total. The van der Waals surface area contributed by atoms with Crippen molar-refractivity contribution in [3.8, 4) is 0 Å². The number of ether oxygens (including phenoxy) is 1. The van der Waals surface area contributed by atoms with Crippen molar-refractivity contribution < 1.29 is 22.3 Å². The van der Waals surface area contributed by atoms with Gasteiger partial charge in [-0.3, -0.25) is 4.79 Å². The normalized spacial score (nSPS) is 15.4. The molecule has 1 fully saturated rings. The molecule has 0 unspecified atom stereocenters. The molecule has 2 aromatic rings. The van der Waals surface area contributed by atoms with Gasteiger partial charge in [-0.1, -0.05) is 30.3 Å². The molecule has 0 bridgehead atoms. The molecule has 0 atom stereocenters. The van der Waals surface area contributed by atoms with Crippen molar-refractivity contribution in [1.82, 2.24) is 9.62 Å². The van der Waals surface area contributed by atoms with Gasteiger partial charge in [0.15, 0.2) is 0 Å². The summed E-state index contributed by atoms with van der Waals surface area (Å²) in [5, 5.41) is 2.71. The summed E-state index contributed by atoms with van der Waals surface area (Å²) in [4.78, 5) is 12.2. The molecule has 0 aliphatic carbocycles. The Balaban J connectivity index is 1.57. The first-order chi connectivity index (χ1) is 13.0. The Hall–Kier alpha value is -2.29. The Morgan fingerprint density at radius 3 is 2.41 bits per heavy atom. The number of benzene rings is 2. The van der Waals surface area contributed by atoms with Gasteiger partial charge in [0, 0.05) is 19.6 Å². The highest BCUT2D eigenvalue weighted by Crippen LogP contribution is 2.17. The van der Waals surface area contributed by atoms with Crippen LogP contribution < -0.4 is 5.32 Å². The number of morpholine rings is 1. The quantitative estimate of drug-likeness (QED) is 0.812. The number of hydrogen-bond acceptors (Lipinski definition) is 4. The van der Waals surface area contributed by atoms with E-state index >= 15 is 0 Å². The number of nitrogens with zero attached hydrogens (tertiary/aromatic N) is 1. The first-order valence-corrected chi connectivity index (χ1v) is 10.1. The zero-order valence-corrected chi connectivity index (χ0v) is 15.5. The second kappa shape index (κ2) is 8.60. The highest BCUT2D eigenvalue weighted by molar-refractivity contribution is 7.89. The third-order valence-corrected chi connectivity index (χ3v) is 6.24. The number of sulfonamides is 1. The van der Waals surface area contributed by atoms with Gasteiger partial charge in [0.05, 0.1) is 24.5 Å². The van der Waals surface area contributed by atoms with Crippen LogP contribution in [0.5, 0.6) is 0 Å². The lowest BCUT2D eigenvalue weighted by Gasteiger charge is -2.26. The number of carbonyl (C=O) groups is 1. The Bertz CT molecular complexity index is 894. The summed E-state index contributed by atoms with van der Waals surface area (Å²) in [6, 6.07) is 12.5. The van der Waals surface area contributed by atoms with E-state index in [-0.39, 0.29) is 23.8 Å². The molecule has 8 heteroatoms. The van der Waals surface area contributed by atoms with Crippen molar-refractivity contribution in [1.29, 1.82) is 0 Å². The predicted octanol–water partition coefficient (Wildman–Crippen LogP) is 1.71. The Morgan fingerprint density at radius 2 is 1.74 bits per heavy atom. The molecule has 1 heterocycles. The van der Waals surface area contributed by atoms with Gasteiger partial charge in [0.2, 0.25) is 15.9 Å². The number of amides is 1. The van der Waals surface area contributed by atoms with Crippen molar-refractivity contribution in [3.63, 3.8) is 0 Å². The average molecular weight is 392 g/mol. The molecule has 2 aromatic carbocycles. The second-order valence-corrected chi connectivity index (χ2v) is 8.14. The van der Waals surface area contributed by atoms with Crippen molar-refractivity contribution >= 4 is 15.9 Å². The number of carbonyl (C=O) groups excluding carboxylic acids is 1. The summed E-state index contributed by atoms with van der Waals surface area (Å²) in [6.07, 6.45) is -0.0455. The fraction of sp³-hybridized carbons (Fsp3) is 0.316. The molecule has 1 aliphatic heterocycles. The van der Waals surface area contributed by atoms with E-state index in [4.69, 9.17) is 4.74 Å². The van der Waals surface area contributed by atoms with E-state index in [1.807, 2.05) is 0 Å². The number of rotatable bonds is 6. The Morgan fingerprint density at radius 1 is 1.07 bits per heavy atom. The van der Waals surface area contributed by atoms with Crippen LogP contribution in [0.15, 0.2) is 53.4 Å². The molecular weight excluding hydrogens is 371 g/mol. The maximum absolute atomic E-state index is 13.6. The maximum Gasteiger partial charge on any atom is 0.243 e.